The third-order valence-electron chi connectivity index (χ3n) is 2.67. The molecule has 0 bridgehead atoms. The Morgan fingerprint density at radius 3 is 1.65 bits per heavy atom. The number of alkyl halides is 3. The first-order chi connectivity index (χ1) is 11.0. The van der Waals surface area contributed by atoms with Gasteiger partial charge in [-0.3, -0.25) is 9.97 Å². The number of aromatic nitrogens is 3. The van der Waals surface area contributed by atoms with Crippen molar-refractivity contribution in [1.82, 2.24) is 15.0 Å². The summed E-state index contributed by atoms with van der Waals surface area (Å²) in [4.78, 5) is 11.5. The molecule has 0 atom stereocenters. The summed E-state index contributed by atoms with van der Waals surface area (Å²) in [6.07, 6.45) is -0.274. The summed E-state index contributed by atoms with van der Waals surface area (Å²) < 4.78 is 35.4. The number of pyridine rings is 3. The van der Waals surface area contributed by atoms with Crippen LogP contribution in [0.1, 0.15) is 5.56 Å². The Hall–Kier alpha value is -2.96. The second-order valence-corrected chi connectivity index (χ2v) is 4.33. The van der Waals surface area contributed by atoms with Crippen LogP contribution in [0.3, 0.4) is 0 Å². The molecule has 4 nitrogen and oxygen atoms in total. The van der Waals surface area contributed by atoms with Gasteiger partial charge in [-0.05, 0) is 30.3 Å². The van der Waals surface area contributed by atoms with Crippen LogP contribution >= 0.6 is 0 Å². The highest BCUT2D eigenvalue weighted by molar-refractivity contribution is 5.52. The maximum atomic E-state index is 11.8. The summed E-state index contributed by atoms with van der Waals surface area (Å²) >= 11 is 0. The zero-order chi connectivity index (χ0) is 16.7. The Labute approximate surface area is 130 Å². The van der Waals surface area contributed by atoms with E-state index in [0.717, 1.165) is 23.5 Å². The van der Waals surface area contributed by atoms with Gasteiger partial charge in [0.2, 0.25) is 5.88 Å². The number of nitrogens with zero attached hydrogens (tertiary/aromatic N) is 3. The maximum absolute atomic E-state index is 11.8. The van der Waals surface area contributed by atoms with Crippen molar-refractivity contribution in [1.29, 1.82) is 0 Å². The summed E-state index contributed by atoms with van der Waals surface area (Å²) in [6, 6.07) is 13.3. The van der Waals surface area contributed by atoms with E-state index in [1.165, 1.54) is 0 Å². The SMILES string of the molecule is Oc1ccc(C(F)(F)F)cn1.c1ccc(-c2ccccn2)nc1. The summed E-state index contributed by atoms with van der Waals surface area (Å²) in [5.41, 5.74) is 0.964. The van der Waals surface area contributed by atoms with Crippen LogP contribution in [0.15, 0.2) is 67.1 Å². The maximum Gasteiger partial charge on any atom is 0.417 e. The second-order valence-electron chi connectivity index (χ2n) is 4.33. The molecule has 3 aromatic rings. The van der Waals surface area contributed by atoms with Crippen molar-refractivity contribution in [2.45, 2.75) is 6.18 Å². The summed E-state index contributed by atoms with van der Waals surface area (Å²) in [5, 5.41) is 8.54. The molecule has 0 aromatic carbocycles. The predicted octanol–water partition coefficient (Wildman–Crippen LogP) is 3.95. The molecule has 0 radical (unpaired) electrons. The zero-order valence-corrected chi connectivity index (χ0v) is 11.8. The molecule has 0 unspecified atom stereocenters. The van der Waals surface area contributed by atoms with E-state index in [-0.39, 0.29) is 0 Å². The van der Waals surface area contributed by atoms with Gasteiger partial charge in [-0.25, -0.2) is 4.98 Å². The van der Waals surface area contributed by atoms with E-state index in [2.05, 4.69) is 15.0 Å². The number of rotatable bonds is 1. The van der Waals surface area contributed by atoms with Crippen molar-refractivity contribution in [3.63, 3.8) is 0 Å². The average Bonchev–Trinajstić information content (AvgIpc) is 2.57. The Morgan fingerprint density at radius 2 is 1.30 bits per heavy atom. The highest BCUT2D eigenvalue weighted by atomic mass is 19.4. The molecule has 0 spiro atoms. The molecule has 23 heavy (non-hydrogen) atoms. The smallest absolute Gasteiger partial charge is 0.417 e. The van der Waals surface area contributed by atoms with Crippen LogP contribution in [0.4, 0.5) is 13.2 Å². The Morgan fingerprint density at radius 1 is 0.739 bits per heavy atom. The van der Waals surface area contributed by atoms with Crippen LogP contribution in [0, 0.1) is 0 Å². The van der Waals surface area contributed by atoms with Crippen molar-refractivity contribution in [3.8, 4) is 17.3 Å². The van der Waals surface area contributed by atoms with Crippen LogP contribution in [-0.2, 0) is 6.18 Å². The fourth-order valence-corrected chi connectivity index (χ4v) is 1.58. The van der Waals surface area contributed by atoms with E-state index in [1.54, 1.807) is 12.4 Å². The molecule has 0 amide bonds. The minimum atomic E-state index is -4.39. The fourth-order valence-electron chi connectivity index (χ4n) is 1.58. The Kier molecular flexibility index (Phi) is 5.24. The molecule has 3 aromatic heterocycles. The first-order valence-electron chi connectivity index (χ1n) is 6.51. The lowest BCUT2D eigenvalue weighted by molar-refractivity contribution is -0.137. The van der Waals surface area contributed by atoms with E-state index in [9.17, 15) is 13.2 Å². The van der Waals surface area contributed by atoms with Crippen LogP contribution < -0.4 is 0 Å². The summed E-state index contributed by atoms with van der Waals surface area (Å²) in [6.45, 7) is 0. The zero-order valence-electron chi connectivity index (χ0n) is 11.8. The quantitative estimate of drug-likeness (QED) is 0.738. The first kappa shape index (κ1) is 16.4. The number of hydrogen-bond acceptors (Lipinski definition) is 4. The molecule has 0 saturated heterocycles. The standard InChI is InChI=1S/C10H8N2.C6H4F3NO/c1-3-7-11-9(5-1)10-6-2-4-8-12-10;7-6(8,9)4-1-2-5(11)10-3-4/h1-8H;1-3H,(H,10,11). The van der Waals surface area contributed by atoms with Gasteiger partial charge in [0.25, 0.3) is 0 Å². The molecular weight excluding hydrogens is 307 g/mol. The minimum absolute atomic E-state index is 0.419. The van der Waals surface area contributed by atoms with Crippen molar-refractivity contribution < 1.29 is 18.3 Å². The van der Waals surface area contributed by atoms with Crippen LogP contribution in [0.2, 0.25) is 0 Å². The van der Waals surface area contributed by atoms with Gasteiger partial charge < -0.3 is 5.11 Å². The largest absolute Gasteiger partial charge is 0.493 e. The molecule has 3 heterocycles. The fraction of sp³-hybridized carbons (Fsp3) is 0.0625. The van der Waals surface area contributed by atoms with Crippen molar-refractivity contribution in [2.75, 3.05) is 0 Å². The normalized spacial score (nSPS) is 10.6. The summed E-state index contributed by atoms with van der Waals surface area (Å²) in [7, 11) is 0. The molecule has 1 N–H and O–H groups in total. The monoisotopic (exact) mass is 319 g/mol. The molecule has 0 aliphatic heterocycles. The van der Waals surface area contributed by atoms with Gasteiger partial charge in [-0.1, -0.05) is 12.1 Å². The van der Waals surface area contributed by atoms with Crippen LogP contribution in [0.5, 0.6) is 5.88 Å². The summed E-state index contributed by atoms with van der Waals surface area (Å²) in [5.74, 6) is -0.419. The van der Waals surface area contributed by atoms with Gasteiger partial charge in [0.15, 0.2) is 0 Å². The molecule has 0 aliphatic carbocycles. The lowest BCUT2D eigenvalue weighted by Crippen LogP contribution is -2.04. The Bertz CT molecular complexity index is 680. The highest BCUT2D eigenvalue weighted by Crippen LogP contribution is 2.28. The number of hydrogen-bond donors (Lipinski definition) is 1. The number of aromatic hydroxyl groups is 1. The van der Waals surface area contributed by atoms with E-state index in [4.69, 9.17) is 5.11 Å². The van der Waals surface area contributed by atoms with E-state index < -0.39 is 17.6 Å². The molecule has 7 heteroatoms. The second kappa shape index (κ2) is 7.35. The highest BCUT2D eigenvalue weighted by Gasteiger charge is 2.30. The third-order valence-corrected chi connectivity index (χ3v) is 2.67. The molecule has 118 valence electrons. The van der Waals surface area contributed by atoms with Crippen LogP contribution in [0.25, 0.3) is 11.4 Å². The molecule has 0 saturated carbocycles. The van der Waals surface area contributed by atoms with E-state index in [1.807, 2.05) is 36.4 Å². The van der Waals surface area contributed by atoms with Crippen molar-refractivity contribution in [2.24, 2.45) is 0 Å². The van der Waals surface area contributed by atoms with Gasteiger partial charge in [0, 0.05) is 24.7 Å². The average molecular weight is 319 g/mol. The van der Waals surface area contributed by atoms with Crippen molar-refractivity contribution in [3.05, 3.63) is 72.7 Å². The molecule has 0 fully saturated rings. The van der Waals surface area contributed by atoms with Gasteiger partial charge >= 0.3 is 6.18 Å². The van der Waals surface area contributed by atoms with E-state index in [0.29, 0.717) is 6.20 Å². The minimum Gasteiger partial charge on any atom is -0.493 e. The Balaban J connectivity index is 0.000000168. The van der Waals surface area contributed by atoms with E-state index >= 15 is 0 Å². The van der Waals surface area contributed by atoms with Gasteiger partial charge in [0.05, 0.1) is 17.0 Å². The van der Waals surface area contributed by atoms with Crippen LogP contribution in [-0.4, -0.2) is 20.1 Å². The topological polar surface area (TPSA) is 58.9 Å². The van der Waals surface area contributed by atoms with Gasteiger partial charge in [-0.15, -0.1) is 0 Å². The molecular formula is C16H12F3N3O. The van der Waals surface area contributed by atoms with Gasteiger partial charge in [-0.2, -0.15) is 13.2 Å². The van der Waals surface area contributed by atoms with Gasteiger partial charge in [0.1, 0.15) is 0 Å². The van der Waals surface area contributed by atoms with Crippen molar-refractivity contribution >= 4 is 0 Å². The number of halogens is 3. The molecule has 0 aliphatic rings. The molecule has 3 rings (SSSR count). The first-order valence-corrected chi connectivity index (χ1v) is 6.51. The lowest BCUT2D eigenvalue weighted by atomic mass is 10.2. The predicted molar refractivity (Wildman–Crippen MR) is 78.4 cm³/mol. The lowest BCUT2D eigenvalue weighted by Gasteiger charge is -2.04. The third kappa shape index (κ3) is 5.06.